The Morgan fingerprint density at radius 3 is 2.37 bits per heavy atom. The van der Waals surface area contributed by atoms with E-state index in [0.717, 1.165) is 33.8 Å². The van der Waals surface area contributed by atoms with Crippen LogP contribution in [0.15, 0.2) is 77.9 Å². The fourth-order valence-electron chi connectivity index (χ4n) is 3.18. The summed E-state index contributed by atoms with van der Waals surface area (Å²) in [6, 6.07) is 20.8. The van der Waals surface area contributed by atoms with Gasteiger partial charge in [0.1, 0.15) is 5.69 Å². The third-order valence-corrected chi connectivity index (χ3v) is 4.58. The molecule has 3 aromatic carbocycles. The normalized spacial score (nSPS) is 11.1. The minimum absolute atomic E-state index is 0.0583. The first-order chi connectivity index (χ1) is 14.5. The number of rotatable bonds is 6. The van der Waals surface area contributed by atoms with Gasteiger partial charge >= 0.3 is 5.69 Å². The summed E-state index contributed by atoms with van der Waals surface area (Å²) < 4.78 is 0. The van der Waals surface area contributed by atoms with Crippen molar-refractivity contribution in [1.29, 1.82) is 0 Å². The summed E-state index contributed by atoms with van der Waals surface area (Å²) in [6.07, 6.45) is 1.58. The highest BCUT2D eigenvalue weighted by atomic mass is 16.6. The van der Waals surface area contributed by atoms with Crippen molar-refractivity contribution >= 4 is 34.2 Å². The van der Waals surface area contributed by atoms with Crippen molar-refractivity contribution < 1.29 is 9.85 Å². The standard InChI is InChI=1S/C21H15N5O4/c27-25(28)15-10-11-19(20(12-15)26(29)30)24-22-13-17-16-8-4-5-9-18(16)23-21(17)14-6-2-1-3-7-14/h1-13,23-24H/b22-13+. The fourth-order valence-corrected chi connectivity index (χ4v) is 3.18. The van der Waals surface area contributed by atoms with E-state index in [0.29, 0.717) is 0 Å². The Kier molecular flexibility index (Phi) is 4.92. The SMILES string of the molecule is O=[N+]([O-])c1ccc(N/N=C/c2c(-c3ccccc3)[nH]c3ccccc23)c([N+](=O)[O-])c1. The summed E-state index contributed by atoms with van der Waals surface area (Å²) in [7, 11) is 0. The number of hydrazone groups is 1. The third-order valence-electron chi connectivity index (χ3n) is 4.58. The van der Waals surface area contributed by atoms with E-state index in [1.54, 1.807) is 6.21 Å². The van der Waals surface area contributed by atoms with Crippen molar-refractivity contribution in [1.82, 2.24) is 4.98 Å². The first kappa shape index (κ1) is 18.8. The number of nitrogens with one attached hydrogen (secondary N) is 2. The first-order valence-corrected chi connectivity index (χ1v) is 8.92. The average Bonchev–Trinajstić information content (AvgIpc) is 3.13. The molecule has 0 amide bonds. The van der Waals surface area contributed by atoms with E-state index in [1.165, 1.54) is 12.1 Å². The maximum absolute atomic E-state index is 11.3. The van der Waals surface area contributed by atoms with Gasteiger partial charge in [-0.05, 0) is 17.7 Å². The molecular formula is C21H15N5O4. The number of fused-ring (bicyclic) bond motifs is 1. The van der Waals surface area contributed by atoms with Crippen molar-refractivity contribution in [3.05, 3.63) is 98.6 Å². The summed E-state index contributed by atoms with van der Waals surface area (Å²) in [6.45, 7) is 0. The number of nitro groups is 2. The minimum atomic E-state index is -0.689. The molecule has 0 aliphatic rings. The number of hydrogen-bond acceptors (Lipinski definition) is 6. The van der Waals surface area contributed by atoms with Crippen LogP contribution in [0.25, 0.3) is 22.2 Å². The predicted molar refractivity (Wildman–Crippen MR) is 115 cm³/mol. The average molecular weight is 401 g/mol. The zero-order valence-electron chi connectivity index (χ0n) is 15.5. The number of nitro benzene ring substituents is 2. The highest BCUT2D eigenvalue weighted by molar-refractivity contribution is 6.06. The number of benzene rings is 3. The topological polar surface area (TPSA) is 126 Å². The summed E-state index contributed by atoms with van der Waals surface area (Å²) >= 11 is 0. The van der Waals surface area contributed by atoms with Crippen molar-refractivity contribution in [2.75, 3.05) is 5.43 Å². The second-order valence-electron chi connectivity index (χ2n) is 6.41. The van der Waals surface area contributed by atoms with Gasteiger partial charge in [0.05, 0.1) is 27.8 Å². The molecule has 1 heterocycles. The molecule has 4 rings (SSSR count). The largest absolute Gasteiger partial charge is 0.354 e. The van der Waals surface area contributed by atoms with Crippen LogP contribution in [0, 0.1) is 20.2 Å². The number of non-ortho nitro benzene ring substituents is 1. The molecule has 9 heteroatoms. The first-order valence-electron chi connectivity index (χ1n) is 8.92. The molecule has 0 atom stereocenters. The van der Waals surface area contributed by atoms with E-state index in [1.807, 2.05) is 54.6 Å². The molecule has 4 aromatic rings. The number of hydrogen-bond donors (Lipinski definition) is 2. The Morgan fingerprint density at radius 1 is 0.900 bits per heavy atom. The molecule has 0 aliphatic heterocycles. The number of anilines is 1. The lowest BCUT2D eigenvalue weighted by Gasteiger charge is -2.03. The Bertz CT molecular complexity index is 1280. The van der Waals surface area contributed by atoms with Gasteiger partial charge in [-0.2, -0.15) is 5.10 Å². The molecule has 0 spiro atoms. The van der Waals surface area contributed by atoms with E-state index in [-0.39, 0.29) is 11.4 Å². The Labute approximate surface area is 170 Å². The van der Waals surface area contributed by atoms with Crippen molar-refractivity contribution in [2.24, 2.45) is 5.10 Å². The lowest BCUT2D eigenvalue weighted by Crippen LogP contribution is -1.99. The van der Waals surface area contributed by atoms with Gasteiger partial charge in [0.15, 0.2) is 0 Å². The maximum Gasteiger partial charge on any atom is 0.301 e. The number of H-pyrrole nitrogens is 1. The molecular weight excluding hydrogens is 386 g/mol. The molecule has 0 aliphatic carbocycles. The quantitative estimate of drug-likeness (QED) is 0.264. The van der Waals surface area contributed by atoms with Crippen LogP contribution < -0.4 is 5.43 Å². The molecule has 9 nitrogen and oxygen atoms in total. The van der Waals surface area contributed by atoms with Gasteiger partial charge in [-0.25, -0.2) is 0 Å². The van der Waals surface area contributed by atoms with Gasteiger partial charge < -0.3 is 4.98 Å². The molecule has 30 heavy (non-hydrogen) atoms. The fraction of sp³-hybridized carbons (Fsp3) is 0. The Balaban J connectivity index is 1.72. The van der Waals surface area contributed by atoms with E-state index in [4.69, 9.17) is 0 Å². The Hall–Kier alpha value is -4.53. The van der Waals surface area contributed by atoms with Crippen LogP contribution in [0.5, 0.6) is 0 Å². The molecule has 1 aromatic heterocycles. The smallest absolute Gasteiger partial charge is 0.301 e. The monoisotopic (exact) mass is 401 g/mol. The van der Waals surface area contributed by atoms with Gasteiger partial charge in [-0.1, -0.05) is 48.5 Å². The summed E-state index contributed by atoms with van der Waals surface area (Å²) in [5, 5.41) is 27.3. The van der Waals surface area contributed by atoms with E-state index in [9.17, 15) is 20.2 Å². The van der Waals surface area contributed by atoms with Crippen LogP contribution in [-0.4, -0.2) is 21.0 Å². The number of nitrogens with zero attached hydrogens (tertiary/aromatic N) is 3. The number of para-hydroxylation sites is 1. The summed E-state index contributed by atoms with van der Waals surface area (Å²) in [4.78, 5) is 24.2. The summed E-state index contributed by atoms with van der Waals surface area (Å²) in [5.41, 5.74) is 5.48. The van der Waals surface area contributed by atoms with Gasteiger partial charge in [-0.15, -0.1) is 0 Å². The van der Waals surface area contributed by atoms with Crippen molar-refractivity contribution in [2.45, 2.75) is 0 Å². The predicted octanol–water partition coefficient (Wildman–Crippen LogP) is 5.10. The van der Waals surface area contributed by atoms with E-state index in [2.05, 4.69) is 15.5 Å². The highest BCUT2D eigenvalue weighted by Gasteiger charge is 2.19. The van der Waals surface area contributed by atoms with Gasteiger partial charge in [0.25, 0.3) is 5.69 Å². The maximum atomic E-state index is 11.3. The molecule has 148 valence electrons. The van der Waals surface area contributed by atoms with Crippen LogP contribution in [0.4, 0.5) is 17.1 Å². The van der Waals surface area contributed by atoms with Crippen LogP contribution in [0.2, 0.25) is 0 Å². The molecule has 0 saturated heterocycles. The van der Waals surface area contributed by atoms with Crippen LogP contribution in [-0.2, 0) is 0 Å². The molecule has 0 fully saturated rings. The van der Waals surface area contributed by atoms with E-state index < -0.39 is 15.5 Å². The zero-order valence-corrected chi connectivity index (χ0v) is 15.5. The number of aromatic nitrogens is 1. The summed E-state index contributed by atoms with van der Waals surface area (Å²) in [5.74, 6) is 0. The van der Waals surface area contributed by atoms with Crippen molar-refractivity contribution in [3.63, 3.8) is 0 Å². The third kappa shape index (κ3) is 3.59. The minimum Gasteiger partial charge on any atom is -0.354 e. The van der Waals surface area contributed by atoms with Crippen molar-refractivity contribution in [3.8, 4) is 11.3 Å². The van der Waals surface area contributed by atoms with Gasteiger partial charge in [0.2, 0.25) is 0 Å². The lowest BCUT2D eigenvalue weighted by atomic mass is 10.1. The number of aromatic amines is 1. The molecule has 0 unspecified atom stereocenters. The van der Waals surface area contributed by atoms with Crippen LogP contribution >= 0.6 is 0 Å². The van der Waals surface area contributed by atoms with Gasteiger partial charge in [0, 0.05) is 22.5 Å². The van der Waals surface area contributed by atoms with Gasteiger partial charge in [-0.3, -0.25) is 25.7 Å². The molecule has 0 saturated carbocycles. The second kappa shape index (κ2) is 7.84. The second-order valence-corrected chi connectivity index (χ2v) is 6.41. The zero-order chi connectivity index (χ0) is 21.1. The highest BCUT2D eigenvalue weighted by Crippen LogP contribution is 2.30. The molecule has 0 bridgehead atoms. The Morgan fingerprint density at radius 2 is 1.63 bits per heavy atom. The molecule has 2 N–H and O–H groups in total. The lowest BCUT2D eigenvalue weighted by molar-refractivity contribution is -0.393. The van der Waals surface area contributed by atoms with Crippen LogP contribution in [0.3, 0.4) is 0 Å². The molecule has 0 radical (unpaired) electrons. The van der Waals surface area contributed by atoms with E-state index >= 15 is 0 Å². The van der Waals surface area contributed by atoms with Crippen LogP contribution in [0.1, 0.15) is 5.56 Å².